The fourth-order valence-corrected chi connectivity index (χ4v) is 4.45. The number of methoxy groups -OCH3 is 1. The Labute approximate surface area is 135 Å². The second kappa shape index (κ2) is 4.88. The molecule has 22 heavy (non-hydrogen) atoms. The number of aliphatic hydroxyl groups is 1. The summed E-state index contributed by atoms with van der Waals surface area (Å²) in [7, 11) is 1.42. The van der Waals surface area contributed by atoms with Crippen molar-refractivity contribution in [3.05, 3.63) is 40.1 Å². The van der Waals surface area contributed by atoms with Gasteiger partial charge in [0, 0.05) is 16.0 Å². The van der Waals surface area contributed by atoms with E-state index < -0.39 is 23.8 Å². The van der Waals surface area contributed by atoms with Gasteiger partial charge in [-0.3, -0.25) is 4.79 Å². The van der Waals surface area contributed by atoms with E-state index in [0.717, 1.165) is 0 Å². The van der Waals surface area contributed by atoms with E-state index in [0.29, 0.717) is 4.47 Å². The fourth-order valence-electron chi connectivity index (χ4n) is 4.04. The lowest BCUT2D eigenvalue weighted by Gasteiger charge is -2.22. The standard InChI is InChI=1S/C16H14BrFO4/c1-21-10-5-6(17)4-7(18)11(10)14-15(19)12-8-2-3-9(22-8)13(12)16(14)20/h2-5,8-9,12-15,19H,1H3. The van der Waals surface area contributed by atoms with Crippen LogP contribution in [0.15, 0.2) is 28.8 Å². The molecule has 1 aliphatic carbocycles. The van der Waals surface area contributed by atoms with Gasteiger partial charge >= 0.3 is 0 Å². The average Bonchev–Trinajstić information content (AvgIpc) is 3.14. The van der Waals surface area contributed by atoms with E-state index >= 15 is 0 Å². The van der Waals surface area contributed by atoms with Crippen molar-refractivity contribution in [1.29, 1.82) is 0 Å². The maximum Gasteiger partial charge on any atom is 0.149 e. The van der Waals surface area contributed by atoms with E-state index in [-0.39, 0.29) is 35.2 Å². The van der Waals surface area contributed by atoms with E-state index in [1.807, 2.05) is 12.2 Å². The largest absolute Gasteiger partial charge is 0.496 e. The van der Waals surface area contributed by atoms with Crippen molar-refractivity contribution in [2.45, 2.75) is 24.2 Å². The molecule has 2 aliphatic heterocycles. The Morgan fingerprint density at radius 1 is 1.32 bits per heavy atom. The molecule has 2 heterocycles. The van der Waals surface area contributed by atoms with Crippen LogP contribution < -0.4 is 4.74 Å². The third-order valence-electron chi connectivity index (χ3n) is 4.91. The average molecular weight is 369 g/mol. The van der Waals surface area contributed by atoms with Crippen molar-refractivity contribution in [2.75, 3.05) is 7.11 Å². The molecule has 0 spiro atoms. The van der Waals surface area contributed by atoms with Crippen LogP contribution >= 0.6 is 15.9 Å². The summed E-state index contributed by atoms with van der Waals surface area (Å²) in [5, 5.41) is 10.7. The molecule has 116 valence electrons. The predicted octanol–water partition coefficient (Wildman–Crippen LogP) is 2.19. The van der Waals surface area contributed by atoms with Gasteiger partial charge in [0.1, 0.15) is 17.3 Å². The Hall–Kier alpha value is -1.24. The Balaban J connectivity index is 1.80. The zero-order valence-electron chi connectivity index (χ0n) is 11.7. The molecule has 0 amide bonds. The number of carbonyl (C=O) groups is 1. The quantitative estimate of drug-likeness (QED) is 0.813. The molecule has 6 heteroatoms. The molecule has 1 aromatic carbocycles. The third kappa shape index (κ3) is 1.77. The number of carbonyl (C=O) groups excluding carboxylic acids is 1. The fraction of sp³-hybridized carbons (Fsp3) is 0.438. The van der Waals surface area contributed by atoms with E-state index in [9.17, 15) is 14.3 Å². The summed E-state index contributed by atoms with van der Waals surface area (Å²) >= 11 is 3.21. The number of ketones is 1. The van der Waals surface area contributed by atoms with Crippen molar-refractivity contribution < 1.29 is 23.8 Å². The number of aliphatic hydroxyl groups excluding tert-OH is 1. The van der Waals surface area contributed by atoms with Crippen LogP contribution in [-0.2, 0) is 9.53 Å². The van der Waals surface area contributed by atoms with E-state index in [4.69, 9.17) is 9.47 Å². The Kier molecular flexibility index (Phi) is 3.18. The number of fused-ring (bicyclic) bond motifs is 5. The van der Waals surface area contributed by atoms with E-state index in [1.165, 1.54) is 13.2 Å². The zero-order valence-corrected chi connectivity index (χ0v) is 13.3. The first-order chi connectivity index (χ1) is 10.5. The number of rotatable bonds is 2. The molecule has 6 atom stereocenters. The molecule has 4 nitrogen and oxygen atoms in total. The maximum absolute atomic E-state index is 14.5. The van der Waals surface area contributed by atoms with Gasteiger partial charge < -0.3 is 14.6 Å². The smallest absolute Gasteiger partial charge is 0.149 e. The monoisotopic (exact) mass is 368 g/mol. The van der Waals surface area contributed by atoms with Crippen LogP contribution in [0.5, 0.6) is 5.75 Å². The molecule has 6 unspecified atom stereocenters. The highest BCUT2D eigenvalue weighted by molar-refractivity contribution is 9.10. The van der Waals surface area contributed by atoms with Crippen LogP contribution in [-0.4, -0.2) is 36.3 Å². The Bertz CT molecular complexity index is 689. The normalized spacial score (nSPS) is 38.6. The van der Waals surface area contributed by atoms with Crippen LogP contribution in [0.2, 0.25) is 0 Å². The SMILES string of the molecule is COc1cc(Br)cc(F)c1C1C(=O)C2C3C=CC(O3)C2C1O. The molecule has 1 N–H and O–H groups in total. The van der Waals surface area contributed by atoms with Crippen molar-refractivity contribution in [3.8, 4) is 5.75 Å². The van der Waals surface area contributed by atoms with Crippen molar-refractivity contribution in [3.63, 3.8) is 0 Å². The molecular formula is C16H14BrFO4. The molecule has 0 radical (unpaired) electrons. The summed E-state index contributed by atoms with van der Waals surface area (Å²) in [6.07, 6.45) is 2.20. The molecule has 1 saturated carbocycles. The third-order valence-corrected chi connectivity index (χ3v) is 5.37. The summed E-state index contributed by atoms with van der Waals surface area (Å²) in [5.41, 5.74) is 0.136. The van der Waals surface area contributed by atoms with E-state index in [1.54, 1.807) is 6.07 Å². The number of halogens is 2. The van der Waals surface area contributed by atoms with Crippen LogP contribution in [0, 0.1) is 17.7 Å². The van der Waals surface area contributed by atoms with Crippen molar-refractivity contribution >= 4 is 21.7 Å². The summed E-state index contributed by atoms with van der Waals surface area (Å²) in [6, 6.07) is 2.89. The zero-order chi connectivity index (χ0) is 15.6. The van der Waals surface area contributed by atoms with Crippen LogP contribution in [0.1, 0.15) is 11.5 Å². The molecule has 0 aromatic heterocycles. The first kappa shape index (κ1) is 14.4. The summed E-state index contributed by atoms with van der Waals surface area (Å²) in [4.78, 5) is 12.8. The summed E-state index contributed by atoms with van der Waals surface area (Å²) in [6.45, 7) is 0. The predicted molar refractivity (Wildman–Crippen MR) is 79.2 cm³/mol. The number of hydrogen-bond acceptors (Lipinski definition) is 4. The van der Waals surface area contributed by atoms with Crippen molar-refractivity contribution in [2.24, 2.45) is 11.8 Å². The first-order valence-electron chi connectivity index (χ1n) is 7.11. The minimum absolute atomic E-state index is 0.136. The van der Waals surface area contributed by atoms with Gasteiger partial charge in [0.15, 0.2) is 0 Å². The van der Waals surface area contributed by atoms with Gasteiger partial charge in [-0.2, -0.15) is 0 Å². The van der Waals surface area contributed by atoms with Crippen molar-refractivity contribution in [1.82, 2.24) is 0 Å². The van der Waals surface area contributed by atoms with Gasteiger partial charge in [-0.1, -0.05) is 28.1 Å². The van der Waals surface area contributed by atoms with Gasteiger partial charge in [0.25, 0.3) is 0 Å². The topological polar surface area (TPSA) is 55.8 Å². The number of benzene rings is 1. The number of hydrogen-bond donors (Lipinski definition) is 1. The van der Waals surface area contributed by atoms with Gasteiger partial charge in [-0.05, 0) is 12.1 Å². The van der Waals surface area contributed by atoms with Crippen LogP contribution in [0.4, 0.5) is 4.39 Å². The van der Waals surface area contributed by atoms with Gasteiger partial charge in [-0.25, -0.2) is 4.39 Å². The van der Waals surface area contributed by atoms with E-state index in [2.05, 4.69) is 15.9 Å². The summed E-state index contributed by atoms with van der Waals surface area (Å²) < 4.78 is 25.9. The second-order valence-corrected chi connectivity index (χ2v) is 6.84. The minimum atomic E-state index is -0.970. The van der Waals surface area contributed by atoms with Gasteiger partial charge in [0.05, 0.1) is 37.3 Å². The molecule has 1 saturated heterocycles. The van der Waals surface area contributed by atoms with Crippen LogP contribution in [0.25, 0.3) is 0 Å². The molecule has 2 fully saturated rings. The minimum Gasteiger partial charge on any atom is -0.496 e. The lowest BCUT2D eigenvalue weighted by atomic mass is 9.85. The summed E-state index contributed by atoms with van der Waals surface area (Å²) in [5.74, 6) is -2.07. The number of Topliss-reactive ketones (excluding diaryl/α,β-unsaturated/α-hetero) is 1. The lowest BCUT2D eigenvalue weighted by Crippen LogP contribution is -2.29. The molecule has 3 aliphatic rings. The van der Waals surface area contributed by atoms with Gasteiger partial charge in [-0.15, -0.1) is 0 Å². The molecular weight excluding hydrogens is 355 g/mol. The van der Waals surface area contributed by atoms with Crippen LogP contribution in [0.3, 0.4) is 0 Å². The highest BCUT2D eigenvalue weighted by Crippen LogP contribution is 2.53. The molecule has 1 aromatic rings. The number of ether oxygens (including phenoxy) is 2. The second-order valence-electron chi connectivity index (χ2n) is 5.93. The molecule has 2 bridgehead atoms. The first-order valence-corrected chi connectivity index (χ1v) is 7.90. The Morgan fingerprint density at radius 2 is 2.05 bits per heavy atom. The maximum atomic E-state index is 14.5. The molecule has 4 rings (SSSR count). The highest BCUT2D eigenvalue weighted by Gasteiger charge is 2.61. The van der Waals surface area contributed by atoms with Gasteiger partial charge in [0.2, 0.25) is 0 Å². The lowest BCUT2D eigenvalue weighted by molar-refractivity contribution is -0.124. The Morgan fingerprint density at radius 3 is 2.73 bits per heavy atom. The highest BCUT2D eigenvalue weighted by atomic mass is 79.9.